The number of nitrogens with one attached hydrogen (secondary N) is 1. The predicted molar refractivity (Wildman–Crippen MR) is 72.1 cm³/mol. The summed E-state index contributed by atoms with van der Waals surface area (Å²) in [4.78, 5) is 4.07. The molecule has 1 saturated carbocycles. The van der Waals surface area contributed by atoms with E-state index in [0.29, 0.717) is 0 Å². The van der Waals surface area contributed by atoms with Crippen LogP contribution in [0.5, 0.6) is 0 Å². The van der Waals surface area contributed by atoms with Crippen molar-refractivity contribution in [1.82, 2.24) is 15.5 Å². The van der Waals surface area contributed by atoms with Crippen LogP contribution in [0.25, 0.3) is 11.4 Å². The Morgan fingerprint density at radius 3 is 2.62 bits per heavy atom. The normalized spacial score (nSPS) is 28.5. The van der Waals surface area contributed by atoms with Crippen LogP contribution >= 0.6 is 0 Å². The number of alkyl halides is 5. The molecule has 1 aromatic heterocycles. The van der Waals surface area contributed by atoms with E-state index in [2.05, 4.69) is 15.5 Å². The Bertz CT molecular complexity index is 787. The summed E-state index contributed by atoms with van der Waals surface area (Å²) in [5.41, 5.74) is -1.71. The molecule has 0 bridgehead atoms. The largest absolute Gasteiger partial charge is 0.416 e. The standard InChI is InChI=1S/C15H12F5N3O/c16-14(17)6-13(14)5-10(21-7-13)12-22-11(23-24-12)8-2-1-3-9(4-8)15(18,19)20/h1-4,10,21H,5-7H2. The molecule has 1 saturated heterocycles. The van der Waals surface area contributed by atoms with Gasteiger partial charge < -0.3 is 9.84 Å². The molecule has 1 aliphatic heterocycles. The fraction of sp³-hybridized carbons (Fsp3) is 0.467. The first-order valence-electron chi connectivity index (χ1n) is 7.33. The zero-order valence-corrected chi connectivity index (χ0v) is 12.2. The Morgan fingerprint density at radius 1 is 1.25 bits per heavy atom. The van der Waals surface area contributed by atoms with Gasteiger partial charge in [-0.2, -0.15) is 18.2 Å². The number of nitrogens with zero attached hydrogens (tertiary/aromatic N) is 2. The third-order valence-electron chi connectivity index (χ3n) is 4.68. The lowest BCUT2D eigenvalue weighted by atomic mass is 10.0. The van der Waals surface area contributed by atoms with Gasteiger partial charge in [-0.25, -0.2) is 8.78 Å². The second-order valence-corrected chi connectivity index (χ2v) is 6.33. The molecule has 1 aromatic carbocycles. The quantitative estimate of drug-likeness (QED) is 0.841. The lowest BCUT2D eigenvalue weighted by Gasteiger charge is -2.06. The Balaban J connectivity index is 1.56. The molecule has 1 spiro atoms. The van der Waals surface area contributed by atoms with Crippen LogP contribution in [0.2, 0.25) is 0 Å². The first-order chi connectivity index (χ1) is 11.2. The molecule has 0 amide bonds. The third kappa shape index (κ3) is 2.38. The highest BCUT2D eigenvalue weighted by Gasteiger charge is 2.73. The fourth-order valence-electron chi connectivity index (χ4n) is 3.15. The summed E-state index contributed by atoms with van der Waals surface area (Å²) >= 11 is 0. The van der Waals surface area contributed by atoms with E-state index in [1.165, 1.54) is 12.1 Å². The Kier molecular flexibility index (Phi) is 3.07. The number of hydrogen-bond donors (Lipinski definition) is 1. The van der Waals surface area contributed by atoms with Gasteiger partial charge in [0.05, 0.1) is 17.0 Å². The summed E-state index contributed by atoms with van der Waals surface area (Å²) < 4.78 is 70.1. The van der Waals surface area contributed by atoms with Crippen molar-refractivity contribution in [2.75, 3.05) is 6.54 Å². The van der Waals surface area contributed by atoms with Gasteiger partial charge in [-0.05, 0) is 18.6 Å². The van der Waals surface area contributed by atoms with Gasteiger partial charge in [0.2, 0.25) is 11.7 Å². The smallest absolute Gasteiger partial charge is 0.337 e. The highest BCUT2D eigenvalue weighted by molar-refractivity contribution is 5.55. The first kappa shape index (κ1) is 15.5. The summed E-state index contributed by atoms with van der Waals surface area (Å²) in [6.45, 7) is 0.159. The summed E-state index contributed by atoms with van der Waals surface area (Å²) in [5, 5.41) is 6.60. The third-order valence-corrected chi connectivity index (χ3v) is 4.68. The van der Waals surface area contributed by atoms with Crippen LogP contribution in [0.1, 0.15) is 30.3 Å². The van der Waals surface area contributed by atoms with Crippen molar-refractivity contribution >= 4 is 0 Å². The summed E-state index contributed by atoms with van der Waals surface area (Å²) in [6, 6.07) is 4.05. The van der Waals surface area contributed by atoms with Gasteiger partial charge in [0, 0.05) is 18.5 Å². The molecule has 0 radical (unpaired) electrons. The maximum Gasteiger partial charge on any atom is 0.416 e. The highest BCUT2D eigenvalue weighted by atomic mass is 19.4. The number of hydrogen-bond acceptors (Lipinski definition) is 4. The minimum atomic E-state index is -4.47. The van der Waals surface area contributed by atoms with Crippen LogP contribution in [-0.4, -0.2) is 22.6 Å². The molecular formula is C15H12F5N3O. The molecule has 4 rings (SSSR count). The maximum atomic E-state index is 13.4. The number of halogens is 5. The summed E-state index contributed by atoms with van der Waals surface area (Å²) in [5.74, 6) is -2.57. The van der Waals surface area contributed by atoms with Gasteiger partial charge in [-0.15, -0.1) is 0 Å². The van der Waals surface area contributed by atoms with E-state index >= 15 is 0 Å². The van der Waals surface area contributed by atoms with Crippen molar-refractivity contribution in [1.29, 1.82) is 0 Å². The minimum absolute atomic E-state index is 0.00130. The molecule has 2 fully saturated rings. The minimum Gasteiger partial charge on any atom is -0.337 e. The molecule has 2 aliphatic rings. The molecule has 128 valence electrons. The van der Waals surface area contributed by atoms with E-state index in [-0.39, 0.29) is 36.7 Å². The molecule has 1 aliphatic carbocycles. The first-order valence-corrected chi connectivity index (χ1v) is 7.33. The van der Waals surface area contributed by atoms with Gasteiger partial charge in [0.15, 0.2) is 0 Å². The van der Waals surface area contributed by atoms with Gasteiger partial charge in [0.1, 0.15) is 0 Å². The molecule has 2 atom stereocenters. The van der Waals surface area contributed by atoms with Gasteiger partial charge in [0.25, 0.3) is 5.92 Å². The molecule has 1 N–H and O–H groups in total. The average Bonchev–Trinajstić information content (AvgIpc) is 2.95. The molecule has 2 aromatic rings. The average molecular weight is 345 g/mol. The Hall–Kier alpha value is -2.03. The van der Waals surface area contributed by atoms with E-state index in [4.69, 9.17) is 4.52 Å². The Morgan fingerprint density at radius 2 is 2.00 bits per heavy atom. The maximum absolute atomic E-state index is 13.4. The van der Waals surface area contributed by atoms with Crippen molar-refractivity contribution in [3.05, 3.63) is 35.7 Å². The van der Waals surface area contributed by atoms with Gasteiger partial charge in [-0.1, -0.05) is 17.3 Å². The van der Waals surface area contributed by atoms with Crippen molar-refractivity contribution in [3.8, 4) is 11.4 Å². The second-order valence-electron chi connectivity index (χ2n) is 6.33. The Labute approximate surface area is 133 Å². The number of benzene rings is 1. The monoisotopic (exact) mass is 345 g/mol. The molecule has 4 nitrogen and oxygen atoms in total. The molecule has 24 heavy (non-hydrogen) atoms. The van der Waals surface area contributed by atoms with Crippen LogP contribution in [0.15, 0.2) is 28.8 Å². The predicted octanol–water partition coefficient (Wildman–Crippen LogP) is 3.82. The topological polar surface area (TPSA) is 51.0 Å². The van der Waals surface area contributed by atoms with Gasteiger partial charge in [-0.3, -0.25) is 0 Å². The molecule has 9 heteroatoms. The number of aromatic nitrogens is 2. The molecular weight excluding hydrogens is 333 g/mol. The van der Waals surface area contributed by atoms with Crippen molar-refractivity contribution in [2.24, 2.45) is 5.41 Å². The van der Waals surface area contributed by atoms with Crippen LogP contribution in [0.4, 0.5) is 22.0 Å². The van der Waals surface area contributed by atoms with Crippen LogP contribution < -0.4 is 5.32 Å². The molecule has 2 heterocycles. The van der Waals surface area contributed by atoms with Crippen molar-refractivity contribution in [3.63, 3.8) is 0 Å². The fourth-order valence-corrected chi connectivity index (χ4v) is 3.15. The zero-order chi connectivity index (χ0) is 17.2. The van der Waals surface area contributed by atoms with E-state index in [1.54, 1.807) is 0 Å². The summed E-state index contributed by atoms with van der Waals surface area (Å²) in [7, 11) is 0. The lowest BCUT2D eigenvalue weighted by Crippen LogP contribution is -2.16. The van der Waals surface area contributed by atoms with Crippen molar-refractivity contribution in [2.45, 2.75) is 31.0 Å². The highest BCUT2D eigenvalue weighted by Crippen LogP contribution is 2.66. The van der Waals surface area contributed by atoms with Crippen LogP contribution in [-0.2, 0) is 6.18 Å². The lowest BCUT2D eigenvalue weighted by molar-refractivity contribution is -0.137. The van der Waals surface area contributed by atoms with E-state index in [9.17, 15) is 22.0 Å². The second kappa shape index (κ2) is 4.75. The van der Waals surface area contributed by atoms with Crippen molar-refractivity contribution < 1.29 is 26.5 Å². The van der Waals surface area contributed by atoms with Crippen LogP contribution in [0.3, 0.4) is 0 Å². The molecule has 2 unspecified atom stereocenters. The summed E-state index contributed by atoms with van der Waals surface area (Å²) in [6.07, 6.45) is -4.47. The zero-order valence-electron chi connectivity index (χ0n) is 12.2. The number of rotatable bonds is 2. The van der Waals surface area contributed by atoms with Gasteiger partial charge >= 0.3 is 6.18 Å². The van der Waals surface area contributed by atoms with E-state index in [0.717, 1.165) is 12.1 Å². The van der Waals surface area contributed by atoms with E-state index in [1.807, 2.05) is 0 Å². The van der Waals surface area contributed by atoms with Crippen LogP contribution in [0, 0.1) is 5.41 Å². The van der Waals surface area contributed by atoms with E-state index < -0.39 is 29.1 Å². The SMILES string of the molecule is FC(F)(F)c1cccc(-c2noc(C3CC4(CN3)CC4(F)F)n2)c1.